The van der Waals surface area contributed by atoms with Crippen LogP contribution in [0.1, 0.15) is 29.8 Å². The van der Waals surface area contributed by atoms with E-state index in [4.69, 9.17) is 9.47 Å². The second-order valence-corrected chi connectivity index (χ2v) is 8.51. The Labute approximate surface area is 186 Å². The summed E-state index contributed by atoms with van der Waals surface area (Å²) in [6.07, 6.45) is 0. The van der Waals surface area contributed by atoms with Crippen molar-refractivity contribution in [2.24, 2.45) is 0 Å². The van der Waals surface area contributed by atoms with Crippen LogP contribution in [0.5, 0.6) is 5.75 Å². The van der Waals surface area contributed by atoms with Gasteiger partial charge in [0.2, 0.25) is 21.8 Å². The molecule has 0 unspecified atom stereocenters. The maximum Gasteiger partial charge on any atom is 0.341 e. The van der Waals surface area contributed by atoms with E-state index >= 15 is 0 Å². The van der Waals surface area contributed by atoms with E-state index in [9.17, 15) is 22.8 Å². The van der Waals surface area contributed by atoms with Crippen LogP contribution in [0.4, 0.5) is 5.69 Å². The summed E-state index contributed by atoms with van der Waals surface area (Å²) < 4.78 is 37.2. The van der Waals surface area contributed by atoms with Crippen molar-refractivity contribution in [2.75, 3.05) is 19.5 Å². The number of nitrogens with one attached hydrogen (secondary N) is 3. The van der Waals surface area contributed by atoms with Crippen molar-refractivity contribution >= 4 is 33.5 Å². The highest BCUT2D eigenvalue weighted by molar-refractivity contribution is 7.89. The Bertz CT molecular complexity index is 1100. The van der Waals surface area contributed by atoms with Gasteiger partial charge >= 0.3 is 5.97 Å². The van der Waals surface area contributed by atoms with E-state index in [1.165, 1.54) is 58.4 Å². The third kappa shape index (κ3) is 6.53. The van der Waals surface area contributed by atoms with Crippen molar-refractivity contribution in [2.45, 2.75) is 31.3 Å². The SMILES string of the molecule is COC(=O)c1cc(CNC(=O)[C@H](C)NS(=O)(=O)c2ccc(NC(C)=O)cc2)ccc1OC. The van der Waals surface area contributed by atoms with Crippen LogP contribution in [-0.2, 0) is 30.9 Å². The Kier molecular flexibility index (Phi) is 8.33. The van der Waals surface area contributed by atoms with E-state index in [1.807, 2.05) is 0 Å². The Morgan fingerprint density at radius 1 is 1.03 bits per heavy atom. The van der Waals surface area contributed by atoms with E-state index in [0.29, 0.717) is 17.0 Å². The summed E-state index contributed by atoms with van der Waals surface area (Å²) >= 11 is 0. The maximum atomic E-state index is 12.5. The van der Waals surface area contributed by atoms with Gasteiger partial charge in [-0.3, -0.25) is 9.59 Å². The molecule has 0 fully saturated rings. The molecule has 2 rings (SSSR count). The molecule has 2 aromatic rings. The lowest BCUT2D eigenvalue weighted by atomic mass is 10.1. The third-order valence-corrected chi connectivity index (χ3v) is 5.90. The highest BCUT2D eigenvalue weighted by atomic mass is 32.2. The van der Waals surface area contributed by atoms with Gasteiger partial charge in [0.1, 0.15) is 11.3 Å². The molecule has 0 aliphatic heterocycles. The molecule has 0 saturated heterocycles. The van der Waals surface area contributed by atoms with Crippen LogP contribution in [-0.4, -0.2) is 46.5 Å². The average Bonchev–Trinajstić information content (AvgIpc) is 2.76. The fourth-order valence-electron chi connectivity index (χ4n) is 2.75. The van der Waals surface area contributed by atoms with Crippen molar-refractivity contribution in [1.29, 1.82) is 0 Å². The summed E-state index contributed by atoms with van der Waals surface area (Å²) in [6, 6.07) is 9.24. The number of benzene rings is 2. The first-order chi connectivity index (χ1) is 15.1. The number of anilines is 1. The van der Waals surface area contributed by atoms with Crippen LogP contribution in [0.3, 0.4) is 0 Å². The molecule has 2 aromatic carbocycles. The molecule has 0 saturated carbocycles. The topological polar surface area (TPSA) is 140 Å². The van der Waals surface area contributed by atoms with Crippen LogP contribution >= 0.6 is 0 Å². The number of hydrogen-bond acceptors (Lipinski definition) is 7. The summed E-state index contributed by atoms with van der Waals surface area (Å²) in [5.41, 5.74) is 1.26. The van der Waals surface area contributed by atoms with Gasteiger partial charge in [0.25, 0.3) is 0 Å². The molecular formula is C21H25N3O7S. The molecule has 0 bridgehead atoms. The van der Waals surface area contributed by atoms with Crippen LogP contribution in [0.2, 0.25) is 0 Å². The normalized spacial score (nSPS) is 11.9. The lowest BCUT2D eigenvalue weighted by molar-refractivity contribution is -0.122. The summed E-state index contributed by atoms with van der Waals surface area (Å²) in [4.78, 5) is 35.3. The number of sulfonamides is 1. The van der Waals surface area contributed by atoms with Gasteiger partial charge in [-0.25, -0.2) is 13.2 Å². The van der Waals surface area contributed by atoms with E-state index in [1.54, 1.807) is 12.1 Å². The Hall–Kier alpha value is -3.44. The number of carbonyl (C=O) groups excluding carboxylic acids is 3. The smallest absolute Gasteiger partial charge is 0.341 e. The molecular weight excluding hydrogens is 438 g/mol. The number of hydrogen-bond donors (Lipinski definition) is 3. The Balaban J connectivity index is 2.02. The molecule has 11 heteroatoms. The molecule has 0 aliphatic rings. The van der Waals surface area contributed by atoms with Gasteiger partial charge in [0, 0.05) is 19.2 Å². The number of carbonyl (C=O) groups is 3. The minimum Gasteiger partial charge on any atom is -0.496 e. The summed E-state index contributed by atoms with van der Waals surface area (Å²) in [7, 11) is -1.30. The van der Waals surface area contributed by atoms with Crippen LogP contribution in [0, 0.1) is 0 Å². The van der Waals surface area contributed by atoms with E-state index in [-0.39, 0.29) is 22.9 Å². The molecule has 0 aliphatic carbocycles. The highest BCUT2D eigenvalue weighted by Crippen LogP contribution is 2.21. The molecule has 0 radical (unpaired) electrons. The summed E-state index contributed by atoms with van der Waals surface area (Å²) in [6.45, 7) is 2.81. The van der Waals surface area contributed by atoms with Gasteiger partial charge in [-0.15, -0.1) is 0 Å². The molecule has 32 heavy (non-hydrogen) atoms. The fourth-order valence-corrected chi connectivity index (χ4v) is 3.95. The first-order valence-corrected chi connectivity index (χ1v) is 11.0. The fraction of sp³-hybridized carbons (Fsp3) is 0.286. The molecule has 10 nitrogen and oxygen atoms in total. The zero-order valence-corrected chi connectivity index (χ0v) is 18.9. The Morgan fingerprint density at radius 3 is 2.25 bits per heavy atom. The van der Waals surface area contributed by atoms with Gasteiger partial charge in [-0.2, -0.15) is 4.72 Å². The van der Waals surface area contributed by atoms with Gasteiger partial charge in [-0.05, 0) is 48.9 Å². The number of amides is 2. The van der Waals surface area contributed by atoms with E-state index in [2.05, 4.69) is 15.4 Å². The maximum absolute atomic E-state index is 12.5. The van der Waals surface area contributed by atoms with Crippen LogP contribution in [0.15, 0.2) is 47.4 Å². The third-order valence-electron chi connectivity index (χ3n) is 4.35. The predicted molar refractivity (Wildman–Crippen MR) is 117 cm³/mol. The van der Waals surface area contributed by atoms with Crippen molar-refractivity contribution < 1.29 is 32.3 Å². The zero-order chi connectivity index (χ0) is 23.9. The lowest BCUT2D eigenvalue weighted by Gasteiger charge is -2.15. The minimum atomic E-state index is -3.96. The van der Waals surface area contributed by atoms with E-state index in [0.717, 1.165) is 0 Å². The predicted octanol–water partition coefficient (Wildman–Crippen LogP) is 1.42. The molecule has 0 aromatic heterocycles. The van der Waals surface area contributed by atoms with Gasteiger partial charge in [0.05, 0.1) is 25.2 Å². The monoisotopic (exact) mass is 463 g/mol. The first kappa shape index (κ1) is 24.8. The lowest BCUT2D eigenvalue weighted by Crippen LogP contribution is -2.44. The number of ether oxygens (including phenoxy) is 2. The van der Waals surface area contributed by atoms with Gasteiger partial charge in [0.15, 0.2) is 0 Å². The van der Waals surface area contributed by atoms with Crippen molar-refractivity contribution in [3.8, 4) is 5.75 Å². The second kappa shape index (κ2) is 10.7. The van der Waals surface area contributed by atoms with E-state index < -0.39 is 27.9 Å². The molecule has 1 atom stereocenters. The average molecular weight is 464 g/mol. The quantitative estimate of drug-likeness (QED) is 0.478. The molecule has 172 valence electrons. The van der Waals surface area contributed by atoms with Crippen molar-refractivity contribution in [3.05, 3.63) is 53.6 Å². The molecule has 3 N–H and O–H groups in total. The molecule has 0 spiro atoms. The van der Waals surface area contributed by atoms with Gasteiger partial charge < -0.3 is 20.1 Å². The molecule has 0 heterocycles. The molecule has 2 amide bonds. The Morgan fingerprint density at radius 2 is 1.69 bits per heavy atom. The highest BCUT2D eigenvalue weighted by Gasteiger charge is 2.22. The number of rotatable bonds is 9. The zero-order valence-electron chi connectivity index (χ0n) is 18.1. The first-order valence-electron chi connectivity index (χ1n) is 9.50. The van der Waals surface area contributed by atoms with Crippen LogP contribution in [0.25, 0.3) is 0 Å². The summed E-state index contributed by atoms with van der Waals surface area (Å²) in [5, 5.41) is 5.16. The number of methoxy groups -OCH3 is 2. The number of esters is 1. The van der Waals surface area contributed by atoms with Crippen molar-refractivity contribution in [1.82, 2.24) is 10.0 Å². The second-order valence-electron chi connectivity index (χ2n) is 6.79. The van der Waals surface area contributed by atoms with Gasteiger partial charge in [-0.1, -0.05) is 6.07 Å². The minimum absolute atomic E-state index is 0.0517. The summed E-state index contributed by atoms with van der Waals surface area (Å²) in [5.74, 6) is -1.09. The van der Waals surface area contributed by atoms with Crippen molar-refractivity contribution in [3.63, 3.8) is 0 Å². The largest absolute Gasteiger partial charge is 0.496 e. The standard InChI is InChI=1S/C21H25N3O7S/c1-13(24-32(28,29)17-8-6-16(7-9-17)23-14(2)25)20(26)22-12-15-5-10-19(30-3)18(11-15)21(27)31-4/h5-11,13,24H,12H2,1-4H3,(H,22,26)(H,23,25)/t13-/m0/s1. The van der Waals surface area contributed by atoms with Crippen LogP contribution < -0.4 is 20.1 Å².